The van der Waals surface area contributed by atoms with Crippen LogP contribution in [0.1, 0.15) is 37.8 Å². The first-order valence-electron chi connectivity index (χ1n) is 11.4. The zero-order chi connectivity index (χ0) is 21.8. The number of nitrogens with zero attached hydrogens (tertiary/aromatic N) is 3. The fourth-order valence-electron chi connectivity index (χ4n) is 4.86. The SMILES string of the molecule is CC(C)CN1C(=O)N(Cc2ccccc2)C2(CCN(CCc3ccccc3)CC2)C1=O. The zero-order valence-electron chi connectivity index (χ0n) is 18.7. The van der Waals surface area contributed by atoms with Crippen LogP contribution in [0.3, 0.4) is 0 Å². The number of carbonyl (C=O) groups excluding carboxylic acids is 2. The third-order valence-electron chi connectivity index (χ3n) is 6.60. The van der Waals surface area contributed by atoms with Gasteiger partial charge in [0.1, 0.15) is 5.54 Å². The van der Waals surface area contributed by atoms with Crippen LogP contribution in [0.25, 0.3) is 0 Å². The molecule has 0 bridgehead atoms. The van der Waals surface area contributed by atoms with Crippen LogP contribution in [0.4, 0.5) is 4.79 Å². The summed E-state index contributed by atoms with van der Waals surface area (Å²) in [5, 5.41) is 0. The van der Waals surface area contributed by atoms with Crippen LogP contribution in [0, 0.1) is 5.92 Å². The minimum Gasteiger partial charge on any atom is -0.305 e. The summed E-state index contributed by atoms with van der Waals surface area (Å²) < 4.78 is 0. The van der Waals surface area contributed by atoms with Crippen molar-refractivity contribution in [2.75, 3.05) is 26.2 Å². The highest BCUT2D eigenvalue weighted by atomic mass is 16.2. The average Bonchev–Trinajstić information content (AvgIpc) is 2.96. The molecule has 2 heterocycles. The zero-order valence-corrected chi connectivity index (χ0v) is 18.7. The molecule has 0 unspecified atom stereocenters. The fraction of sp³-hybridized carbons (Fsp3) is 0.462. The highest BCUT2D eigenvalue weighted by Gasteiger charge is 2.57. The molecule has 2 fully saturated rings. The van der Waals surface area contributed by atoms with Crippen molar-refractivity contribution in [3.05, 3.63) is 71.8 Å². The van der Waals surface area contributed by atoms with E-state index in [4.69, 9.17) is 0 Å². The van der Waals surface area contributed by atoms with Crippen molar-refractivity contribution >= 4 is 11.9 Å². The van der Waals surface area contributed by atoms with Crippen LogP contribution >= 0.6 is 0 Å². The van der Waals surface area contributed by atoms with Crippen LogP contribution < -0.4 is 0 Å². The van der Waals surface area contributed by atoms with Crippen LogP contribution in [-0.2, 0) is 17.8 Å². The molecule has 0 aliphatic carbocycles. The predicted octanol–water partition coefficient (Wildman–Crippen LogP) is 4.18. The lowest BCUT2D eigenvalue weighted by Gasteiger charge is -2.42. The Bertz CT molecular complexity index is 889. The molecule has 0 saturated carbocycles. The molecule has 1 spiro atoms. The van der Waals surface area contributed by atoms with E-state index in [2.05, 4.69) is 43.0 Å². The molecule has 31 heavy (non-hydrogen) atoms. The summed E-state index contributed by atoms with van der Waals surface area (Å²) in [6, 6.07) is 20.4. The van der Waals surface area contributed by atoms with E-state index < -0.39 is 5.54 Å². The van der Waals surface area contributed by atoms with Crippen LogP contribution in [0.15, 0.2) is 60.7 Å². The normalized spacial score (nSPS) is 19.1. The average molecular weight is 420 g/mol. The maximum absolute atomic E-state index is 13.6. The second-order valence-electron chi connectivity index (χ2n) is 9.27. The molecule has 3 amide bonds. The largest absolute Gasteiger partial charge is 0.327 e. The van der Waals surface area contributed by atoms with Crippen LogP contribution in [0.2, 0.25) is 0 Å². The van der Waals surface area contributed by atoms with Crippen molar-refractivity contribution in [1.82, 2.24) is 14.7 Å². The van der Waals surface area contributed by atoms with E-state index in [1.165, 1.54) is 10.5 Å². The molecule has 4 rings (SSSR count). The number of amides is 3. The lowest BCUT2D eigenvalue weighted by Crippen LogP contribution is -2.56. The molecule has 0 radical (unpaired) electrons. The lowest BCUT2D eigenvalue weighted by atomic mass is 9.85. The van der Waals surface area contributed by atoms with Gasteiger partial charge >= 0.3 is 6.03 Å². The van der Waals surface area contributed by atoms with Gasteiger partial charge in [0.25, 0.3) is 5.91 Å². The van der Waals surface area contributed by atoms with Crippen molar-refractivity contribution in [3.8, 4) is 0 Å². The predicted molar refractivity (Wildman–Crippen MR) is 122 cm³/mol. The van der Waals surface area contributed by atoms with Gasteiger partial charge in [0.15, 0.2) is 0 Å². The van der Waals surface area contributed by atoms with E-state index in [1.54, 1.807) is 0 Å². The van der Waals surface area contributed by atoms with E-state index in [0.717, 1.165) is 31.6 Å². The molecule has 2 aromatic carbocycles. The lowest BCUT2D eigenvalue weighted by molar-refractivity contribution is -0.136. The highest BCUT2D eigenvalue weighted by Crippen LogP contribution is 2.38. The molecule has 2 aromatic rings. The van der Waals surface area contributed by atoms with Gasteiger partial charge in [-0.25, -0.2) is 4.79 Å². The van der Waals surface area contributed by atoms with Gasteiger partial charge in [-0.3, -0.25) is 9.69 Å². The highest BCUT2D eigenvalue weighted by molar-refractivity contribution is 6.07. The number of hydrogen-bond acceptors (Lipinski definition) is 3. The molecule has 5 nitrogen and oxygen atoms in total. The van der Waals surface area contributed by atoms with Crippen molar-refractivity contribution < 1.29 is 9.59 Å². The molecule has 0 atom stereocenters. The number of benzene rings is 2. The molecular weight excluding hydrogens is 386 g/mol. The quantitative estimate of drug-likeness (QED) is 0.632. The number of urea groups is 1. The maximum atomic E-state index is 13.6. The maximum Gasteiger partial charge on any atom is 0.327 e. The summed E-state index contributed by atoms with van der Waals surface area (Å²) in [6.07, 6.45) is 2.41. The summed E-state index contributed by atoms with van der Waals surface area (Å²) in [4.78, 5) is 32.7. The van der Waals surface area contributed by atoms with Gasteiger partial charge in [0, 0.05) is 32.7 Å². The fourth-order valence-corrected chi connectivity index (χ4v) is 4.86. The number of likely N-dealkylation sites (tertiary alicyclic amines) is 1. The van der Waals surface area contributed by atoms with E-state index in [9.17, 15) is 9.59 Å². The molecule has 0 N–H and O–H groups in total. The van der Waals surface area contributed by atoms with Gasteiger partial charge < -0.3 is 9.80 Å². The Hall–Kier alpha value is -2.66. The minimum atomic E-state index is -0.703. The van der Waals surface area contributed by atoms with Gasteiger partial charge in [0.05, 0.1) is 0 Å². The molecular formula is C26H33N3O2. The number of rotatable bonds is 7. The Morgan fingerprint density at radius 1 is 0.871 bits per heavy atom. The summed E-state index contributed by atoms with van der Waals surface area (Å²) in [6.45, 7) is 7.75. The van der Waals surface area contributed by atoms with Crippen molar-refractivity contribution in [1.29, 1.82) is 0 Å². The Morgan fingerprint density at radius 2 is 1.45 bits per heavy atom. The van der Waals surface area contributed by atoms with Crippen LogP contribution in [0.5, 0.6) is 0 Å². The first-order chi connectivity index (χ1) is 15.0. The summed E-state index contributed by atoms with van der Waals surface area (Å²) in [5.74, 6) is 0.262. The summed E-state index contributed by atoms with van der Waals surface area (Å²) >= 11 is 0. The van der Waals surface area contributed by atoms with E-state index in [1.807, 2.05) is 41.3 Å². The number of imide groups is 1. The minimum absolute atomic E-state index is 0.00448. The van der Waals surface area contributed by atoms with Crippen molar-refractivity contribution in [2.45, 2.75) is 45.2 Å². The second kappa shape index (κ2) is 9.23. The van der Waals surface area contributed by atoms with Gasteiger partial charge in [-0.05, 0) is 36.3 Å². The Labute approximate surface area is 185 Å². The first kappa shape index (κ1) is 21.6. The third-order valence-corrected chi connectivity index (χ3v) is 6.60. The molecule has 2 saturated heterocycles. The first-order valence-corrected chi connectivity index (χ1v) is 11.4. The standard InChI is InChI=1S/C26H33N3O2/c1-21(2)19-28-24(30)26(29(25(28)31)20-23-11-7-4-8-12-23)14-17-27(18-15-26)16-13-22-9-5-3-6-10-22/h3-12,21H,13-20H2,1-2H3. The number of piperidine rings is 1. The summed E-state index contributed by atoms with van der Waals surface area (Å²) in [7, 11) is 0. The molecule has 2 aliphatic heterocycles. The van der Waals surface area contributed by atoms with E-state index >= 15 is 0 Å². The van der Waals surface area contributed by atoms with Crippen molar-refractivity contribution in [3.63, 3.8) is 0 Å². The number of hydrogen-bond donors (Lipinski definition) is 0. The number of carbonyl (C=O) groups is 2. The molecule has 164 valence electrons. The van der Waals surface area contributed by atoms with Gasteiger partial charge in [-0.15, -0.1) is 0 Å². The summed E-state index contributed by atoms with van der Waals surface area (Å²) in [5.41, 5.74) is 1.70. The third kappa shape index (κ3) is 4.52. The van der Waals surface area contributed by atoms with E-state index in [0.29, 0.717) is 25.9 Å². The molecule has 2 aliphatic rings. The Balaban J connectivity index is 1.49. The van der Waals surface area contributed by atoms with E-state index in [-0.39, 0.29) is 17.9 Å². The van der Waals surface area contributed by atoms with Crippen molar-refractivity contribution in [2.24, 2.45) is 5.92 Å². The van der Waals surface area contributed by atoms with Gasteiger partial charge in [0.2, 0.25) is 0 Å². The molecule has 5 heteroatoms. The Morgan fingerprint density at radius 3 is 2.03 bits per heavy atom. The molecule has 0 aromatic heterocycles. The van der Waals surface area contributed by atoms with Gasteiger partial charge in [-0.1, -0.05) is 74.5 Å². The van der Waals surface area contributed by atoms with Gasteiger partial charge in [-0.2, -0.15) is 0 Å². The second-order valence-corrected chi connectivity index (χ2v) is 9.27. The monoisotopic (exact) mass is 419 g/mol. The topological polar surface area (TPSA) is 43.9 Å². The van der Waals surface area contributed by atoms with Crippen LogP contribution in [-0.4, -0.2) is 58.4 Å². The Kier molecular flexibility index (Phi) is 6.42. The smallest absolute Gasteiger partial charge is 0.305 e.